The molecular weight excluding hydrogens is 66.0 g/mol. The van der Waals surface area contributed by atoms with Gasteiger partial charge in [-0.2, -0.15) is 0 Å². The highest BCUT2D eigenvalue weighted by Gasteiger charge is 1.67. The fourth-order valence-electron chi connectivity index (χ4n) is 0.0913. The summed E-state index contributed by atoms with van der Waals surface area (Å²) in [6.07, 6.45) is 0.858. The first-order valence-electron chi connectivity index (χ1n) is 1.63. The maximum atomic E-state index is 7.76. The summed E-state index contributed by atoms with van der Waals surface area (Å²) in [7, 11) is 0. The normalized spacial score (nSPS) is 8.40. The monoisotopic (exact) mass is 74.1 g/mol. The third-order valence-corrected chi connectivity index (χ3v) is 0.295. The van der Waals surface area contributed by atoms with Crippen molar-refractivity contribution >= 4 is 0 Å². The van der Waals surface area contributed by atoms with Crippen LogP contribution < -0.4 is 5.48 Å². The van der Waals surface area contributed by atoms with Gasteiger partial charge in [0.05, 0.1) is 0 Å². The van der Waals surface area contributed by atoms with Gasteiger partial charge >= 0.3 is 0 Å². The minimum Gasteiger partial charge on any atom is -0.316 e. The molecule has 0 aliphatic carbocycles. The molecule has 0 atom stereocenters. The Morgan fingerprint density at radius 1 is 2.00 bits per heavy atom. The lowest BCUT2D eigenvalue weighted by Crippen LogP contribution is -1.98. The summed E-state index contributed by atoms with van der Waals surface area (Å²) in [5.74, 6) is 0. The van der Waals surface area contributed by atoms with Crippen molar-refractivity contribution in [2.45, 2.75) is 13.3 Å². The average Bonchev–Trinajstić information content (AvgIpc) is 1.41. The fraction of sp³-hybridized carbons (Fsp3) is 0.667. The predicted molar refractivity (Wildman–Crippen MR) is 19.5 cm³/mol. The Hall–Kier alpha value is -0.0800. The van der Waals surface area contributed by atoms with Crippen molar-refractivity contribution in [3.8, 4) is 0 Å². The highest BCUT2D eigenvalue weighted by Crippen LogP contribution is 1.70. The molecule has 0 aliphatic rings. The number of hydroxylamine groups is 1. The van der Waals surface area contributed by atoms with Crippen molar-refractivity contribution in [1.29, 1.82) is 0 Å². The van der Waals surface area contributed by atoms with Crippen molar-refractivity contribution in [3.05, 3.63) is 6.54 Å². The van der Waals surface area contributed by atoms with Gasteiger partial charge in [-0.15, -0.1) is 0 Å². The molecule has 0 rings (SSSR count). The van der Waals surface area contributed by atoms with Crippen LogP contribution >= 0.6 is 0 Å². The number of nitrogens with one attached hydrogen (secondary N) is 1. The minimum atomic E-state index is 0.858. The molecule has 0 heterocycles. The van der Waals surface area contributed by atoms with E-state index in [0.29, 0.717) is 0 Å². The summed E-state index contributed by atoms with van der Waals surface area (Å²) in [5, 5.41) is 7.76. The zero-order valence-corrected chi connectivity index (χ0v) is 3.23. The van der Waals surface area contributed by atoms with Crippen molar-refractivity contribution in [1.82, 2.24) is 5.48 Å². The molecule has 0 saturated carbocycles. The van der Waals surface area contributed by atoms with Crippen molar-refractivity contribution in [3.63, 3.8) is 0 Å². The van der Waals surface area contributed by atoms with Gasteiger partial charge in [0.1, 0.15) is 0 Å². The minimum absolute atomic E-state index is 0.858. The Balaban J connectivity index is 2.19. The lowest BCUT2D eigenvalue weighted by molar-refractivity contribution is 0.193. The number of hydrogen-bond donors (Lipinski definition) is 2. The molecule has 2 heteroatoms. The molecule has 0 amide bonds. The predicted octanol–water partition coefficient (Wildman–Crippen LogP) is 0.537. The van der Waals surface area contributed by atoms with Crippen LogP contribution in [0.5, 0.6) is 0 Å². The van der Waals surface area contributed by atoms with Crippen molar-refractivity contribution < 1.29 is 5.21 Å². The van der Waals surface area contributed by atoms with Crippen LogP contribution in [0.1, 0.15) is 13.3 Å². The zero-order chi connectivity index (χ0) is 4.12. The van der Waals surface area contributed by atoms with E-state index in [2.05, 4.69) is 0 Å². The molecule has 0 aromatic carbocycles. The summed E-state index contributed by atoms with van der Waals surface area (Å²) in [5.41, 5.74) is 1.89. The molecule has 0 saturated heterocycles. The van der Waals surface area contributed by atoms with Crippen LogP contribution in [0.4, 0.5) is 0 Å². The summed E-state index contributed by atoms with van der Waals surface area (Å²) in [4.78, 5) is 0. The molecule has 31 valence electrons. The van der Waals surface area contributed by atoms with E-state index in [0.717, 1.165) is 6.42 Å². The molecule has 0 unspecified atom stereocenters. The fourth-order valence-corrected chi connectivity index (χ4v) is 0.0913. The van der Waals surface area contributed by atoms with E-state index in [9.17, 15) is 0 Å². The molecular formula is C3H8NO. The smallest absolute Gasteiger partial charge is 0.0493 e. The van der Waals surface area contributed by atoms with Crippen LogP contribution in [0.3, 0.4) is 0 Å². The van der Waals surface area contributed by atoms with Crippen LogP contribution in [0.15, 0.2) is 0 Å². The van der Waals surface area contributed by atoms with E-state index in [1.807, 2.05) is 12.4 Å². The average molecular weight is 74.1 g/mol. The maximum absolute atomic E-state index is 7.76. The molecule has 0 aromatic heterocycles. The van der Waals surface area contributed by atoms with E-state index in [-0.39, 0.29) is 0 Å². The molecule has 0 fully saturated rings. The van der Waals surface area contributed by atoms with Gasteiger partial charge in [-0.1, -0.05) is 6.92 Å². The Morgan fingerprint density at radius 3 is 2.60 bits per heavy atom. The molecule has 2 N–H and O–H groups in total. The second kappa shape index (κ2) is 3.92. The third kappa shape index (κ3) is 3.92. The van der Waals surface area contributed by atoms with E-state index in [1.54, 1.807) is 6.54 Å². The van der Waals surface area contributed by atoms with Gasteiger partial charge in [0, 0.05) is 6.54 Å². The van der Waals surface area contributed by atoms with Gasteiger partial charge in [0.15, 0.2) is 0 Å². The van der Waals surface area contributed by atoms with Gasteiger partial charge in [-0.3, -0.25) is 0 Å². The summed E-state index contributed by atoms with van der Waals surface area (Å²) in [6, 6.07) is 0. The molecule has 5 heavy (non-hydrogen) atoms. The first-order chi connectivity index (χ1) is 2.41. The van der Waals surface area contributed by atoms with Crippen LogP contribution in [0.2, 0.25) is 0 Å². The Morgan fingerprint density at radius 2 is 2.60 bits per heavy atom. The number of hydrogen-bond acceptors (Lipinski definition) is 2. The summed E-state index contributed by atoms with van der Waals surface area (Å²) >= 11 is 0. The lowest BCUT2D eigenvalue weighted by atomic mass is 10.5. The zero-order valence-electron chi connectivity index (χ0n) is 3.23. The molecule has 0 aliphatic heterocycles. The first-order valence-corrected chi connectivity index (χ1v) is 1.63. The second-order valence-electron chi connectivity index (χ2n) is 0.741. The van der Waals surface area contributed by atoms with Gasteiger partial charge in [0.25, 0.3) is 0 Å². The highest BCUT2D eigenvalue weighted by atomic mass is 16.5. The lowest BCUT2D eigenvalue weighted by Gasteiger charge is -1.82. The quantitative estimate of drug-likeness (QED) is 0.468. The number of rotatable bonds is 2. The van der Waals surface area contributed by atoms with Crippen LogP contribution in [0, 0.1) is 6.54 Å². The molecule has 0 aromatic rings. The highest BCUT2D eigenvalue weighted by molar-refractivity contribution is 4.45. The van der Waals surface area contributed by atoms with Crippen LogP contribution in [0.25, 0.3) is 0 Å². The van der Waals surface area contributed by atoms with E-state index >= 15 is 0 Å². The Bertz CT molecular complexity index is 14.4. The van der Waals surface area contributed by atoms with E-state index < -0.39 is 0 Å². The van der Waals surface area contributed by atoms with E-state index in [1.165, 1.54) is 0 Å². The van der Waals surface area contributed by atoms with Crippen molar-refractivity contribution in [2.24, 2.45) is 0 Å². The first kappa shape index (κ1) is 4.92. The molecule has 0 spiro atoms. The molecule has 0 bridgehead atoms. The Kier molecular flexibility index (Phi) is 3.86. The van der Waals surface area contributed by atoms with Crippen LogP contribution in [-0.2, 0) is 0 Å². The van der Waals surface area contributed by atoms with Gasteiger partial charge in [-0.25, -0.2) is 5.48 Å². The molecule has 2 nitrogen and oxygen atoms in total. The summed E-state index contributed by atoms with van der Waals surface area (Å²) in [6.45, 7) is 3.49. The summed E-state index contributed by atoms with van der Waals surface area (Å²) < 4.78 is 0. The van der Waals surface area contributed by atoms with Gasteiger partial charge in [0.2, 0.25) is 0 Å². The van der Waals surface area contributed by atoms with Gasteiger partial charge in [-0.05, 0) is 6.42 Å². The largest absolute Gasteiger partial charge is 0.316 e. The van der Waals surface area contributed by atoms with Crippen molar-refractivity contribution in [2.75, 3.05) is 0 Å². The van der Waals surface area contributed by atoms with Gasteiger partial charge < -0.3 is 5.21 Å². The van der Waals surface area contributed by atoms with E-state index in [4.69, 9.17) is 5.21 Å². The topological polar surface area (TPSA) is 32.3 Å². The van der Waals surface area contributed by atoms with Crippen LogP contribution in [-0.4, -0.2) is 5.21 Å². The Labute approximate surface area is 31.8 Å². The maximum Gasteiger partial charge on any atom is 0.0493 e. The second-order valence-corrected chi connectivity index (χ2v) is 0.741. The SMILES string of the molecule is CC[CH]NO. The standard InChI is InChI=1S/C3H8NO/c1-2-3-4-5/h3-5H,2H2,1H3. The third-order valence-electron chi connectivity index (χ3n) is 0.295. The molecule has 1 radical (unpaired) electrons.